The molecule has 0 atom stereocenters. The van der Waals surface area contributed by atoms with E-state index in [-0.39, 0.29) is 4.90 Å². The third-order valence-corrected chi connectivity index (χ3v) is 5.02. The number of benzene rings is 3. The SMILES string of the molecule is Cc1ccc2cc(NS(=O)(=O)c3ccc(Cl)cc3)ccc2c1. The number of aryl methyl sites for hydroxylation is 1. The number of fused-ring (bicyclic) bond motifs is 1. The summed E-state index contributed by atoms with van der Waals surface area (Å²) in [6.07, 6.45) is 0. The van der Waals surface area contributed by atoms with Crippen molar-refractivity contribution in [2.75, 3.05) is 4.72 Å². The van der Waals surface area contributed by atoms with Gasteiger partial charge in [0.25, 0.3) is 10.0 Å². The van der Waals surface area contributed by atoms with Crippen molar-refractivity contribution in [1.82, 2.24) is 0 Å². The van der Waals surface area contributed by atoms with Crippen molar-refractivity contribution < 1.29 is 8.42 Å². The number of anilines is 1. The van der Waals surface area contributed by atoms with Gasteiger partial charge >= 0.3 is 0 Å². The summed E-state index contributed by atoms with van der Waals surface area (Å²) in [6, 6.07) is 17.6. The largest absolute Gasteiger partial charge is 0.280 e. The third kappa shape index (κ3) is 3.08. The number of hydrogen-bond acceptors (Lipinski definition) is 2. The number of hydrogen-bond donors (Lipinski definition) is 1. The maximum absolute atomic E-state index is 12.3. The maximum Gasteiger partial charge on any atom is 0.261 e. The van der Waals surface area contributed by atoms with E-state index in [1.54, 1.807) is 18.2 Å². The van der Waals surface area contributed by atoms with Gasteiger partial charge in [0.2, 0.25) is 0 Å². The van der Waals surface area contributed by atoms with Gasteiger partial charge in [0.15, 0.2) is 0 Å². The first-order valence-corrected chi connectivity index (χ1v) is 8.59. The van der Waals surface area contributed by atoms with Crippen LogP contribution in [0, 0.1) is 6.92 Å². The molecule has 0 bridgehead atoms. The summed E-state index contributed by atoms with van der Waals surface area (Å²) in [5.41, 5.74) is 1.70. The Hall–Kier alpha value is -2.04. The zero-order valence-electron chi connectivity index (χ0n) is 11.9. The van der Waals surface area contributed by atoms with Gasteiger partial charge < -0.3 is 0 Å². The van der Waals surface area contributed by atoms with Crippen LogP contribution in [0.4, 0.5) is 5.69 Å². The van der Waals surface area contributed by atoms with Crippen molar-refractivity contribution in [3.8, 4) is 0 Å². The molecule has 0 aromatic heterocycles. The van der Waals surface area contributed by atoms with Crippen molar-refractivity contribution >= 4 is 38.1 Å². The van der Waals surface area contributed by atoms with E-state index in [1.165, 1.54) is 17.7 Å². The molecule has 0 aliphatic rings. The maximum atomic E-state index is 12.3. The average Bonchev–Trinajstić information content (AvgIpc) is 2.47. The Labute approximate surface area is 134 Å². The van der Waals surface area contributed by atoms with Crippen molar-refractivity contribution in [2.24, 2.45) is 0 Å². The highest BCUT2D eigenvalue weighted by Crippen LogP contribution is 2.23. The molecule has 112 valence electrons. The standard InChI is InChI=1S/C17H14ClNO2S/c1-12-2-3-14-11-16(7-4-13(14)10-12)19-22(20,21)17-8-5-15(18)6-9-17/h2-11,19H,1H3. The number of sulfonamides is 1. The van der Waals surface area contributed by atoms with E-state index in [1.807, 2.05) is 31.2 Å². The lowest BCUT2D eigenvalue weighted by molar-refractivity contribution is 0.601. The van der Waals surface area contributed by atoms with Crippen LogP contribution in [0.2, 0.25) is 5.02 Å². The molecule has 0 aliphatic heterocycles. The van der Waals surface area contributed by atoms with Gasteiger partial charge in [-0.3, -0.25) is 4.72 Å². The molecule has 0 saturated heterocycles. The molecule has 0 fully saturated rings. The third-order valence-electron chi connectivity index (χ3n) is 3.37. The molecule has 0 amide bonds. The lowest BCUT2D eigenvalue weighted by atomic mass is 10.1. The molecule has 22 heavy (non-hydrogen) atoms. The van der Waals surface area contributed by atoms with Crippen LogP contribution in [0.5, 0.6) is 0 Å². The van der Waals surface area contributed by atoms with Crippen LogP contribution in [0.25, 0.3) is 10.8 Å². The van der Waals surface area contributed by atoms with E-state index < -0.39 is 10.0 Å². The second-order valence-electron chi connectivity index (χ2n) is 5.12. The molecule has 0 heterocycles. The summed E-state index contributed by atoms with van der Waals surface area (Å²) in [5.74, 6) is 0. The normalized spacial score (nSPS) is 11.5. The van der Waals surface area contributed by atoms with Crippen LogP contribution < -0.4 is 4.72 Å². The smallest absolute Gasteiger partial charge is 0.261 e. The van der Waals surface area contributed by atoms with Crippen LogP contribution in [0.3, 0.4) is 0 Å². The molecule has 0 aliphatic carbocycles. The fourth-order valence-corrected chi connectivity index (χ4v) is 3.43. The minimum Gasteiger partial charge on any atom is -0.280 e. The first-order chi connectivity index (χ1) is 10.4. The summed E-state index contributed by atoms with van der Waals surface area (Å²) in [5, 5.41) is 2.57. The Morgan fingerprint density at radius 3 is 2.23 bits per heavy atom. The van der Waals surface area contributed by atoms with E-state index >= 15 is 0 Å². The van der Waals surface area contributed by atoms with Crippen molar-refractivity contribution in [3.05, 3.63) is 71.2 Å². The topological polar surface area (TPSA) is 46.2 Å². The Morgan fingerprint density at radius 1 is 0.864 bits per heavy atom. The van der Waals surface area contributed by atoms with Crippen molar-refractivity contribution in [2.45, 2.75) is 11.8 Å². The van der Waals surface area contributed by atoms with Gasteiger partial charge in [-0.1, -0.05) is 41.4 Å². The quantitative estimate of drug-likeness (QED) is 0.762. The van der Waals surface area contributed by atoms with E-state index in [9.17, 15) is 8.42 Å². The highest BCUT2D eigenvalue weighted by Gasteiger charge is 2.14. The summed E-state index contributed by atoms with van der Waals surface area (Å²) in [7, 11) is -3.62. The van der Waals surface area contributed by atoms with Gasteiger partial charge in [-0.15, -0.1) is 0 Å². The lowest BCUT2D eigenvalue weighted by Gasteiger charge is -2.09. The second-order valence-corrected chi connectivity index (χ2v) is 7.24. The molecular formula is C17H14ClNO2S. The molecule has 1 N–H and O–H groups in total. The van der Waals surface area contributed by atoms with Crippen LogP contribution in [-0.2, 0) is 10.0 Å². The predicted octanol–water partition coefficient (Wildman–Crippen LogP) is 4.60. The summed E-state index contributed by atoms with van der Waals surface area (Å²) < 4.78 is 27.3. The molecule has 3 nitrogen and oxygen atoms in total. The Balaban J connectivity index is 1.95. The molecule has 0 unspecified atom stereocenters. The Kier molecular flexibility index (Phi) is 3.81. The molecule has 3 aromatic carbocycles. The summed E-state index contributed by atoms with van der Waals surface area (Å²) in [4.78, 5) is 0.181. The fraction of sp³-hybridized carbons (Fsp3) is 0.0588. The highest BCUT2D eigenvalue weighted by molar-refractivity contribution is 7.92. The molecular weight excluding hydrogens is 318 g/mol. The summed E-state index contributed by atoms with van der Waals surface area (Å²) >= 11 is 5.78. The van der Waals surface area contributed by atoms with E-state index in [0.717, 1.165) is 10.8 Å². The molecule has 0 radical (unpaired) electrons. The van der Waals surface area contributed by atoms with Gasteiger partial charge in [0, 0.05) is 10.7 Å². The molecule has 3 rings (SSSR count). The van der Waals surface area contributed by atoms with Crippen molar-refractivity contribution in [3.63, 3.8) is 0 Å². The monoisotopic (exact) mass is 331 g/mol. The van der Waals surface area contributed by atoms with E-state index in [2.05, 4.69) is 10.8 Å². The predicted molar refractivity (Wildman–Crippen MR) is 90.9 cm³/mol. The Morgan fingerprint density at radius 2 is 1.50 bits per heavy atom. The number of nitrogens with one attached hydrogen (secondary N) is 1. The van der Waals surface area contributed by atoms with Gasteiger partial charge in [0.1, 0.15) is 0 Å². The number of rotatable bonds is 3. The van der Waals surface area contributed by atoms with Gasteiger partial charge in [-0.05, 0) is 54.1 Å². The van der Waals surface area contributed by atoms with E-state index in [4.69, 9.17) is 11.6 Å². The first kappa shape index (κ1) is 14.9. The van der Waals surface area contributed by atoms with Crippen LogP contribution in [-0.4, -0.2) is 8.42 Å². The first-order valence-electron chi connectivity index (χ1n) is 6.73. The zero-order chi connectivity index (χ0) is 15.7. The molecule has 3 aromatic rings. The minimum atomic E-state index is -3.62. The number of halogens is 1. The fourth-order valence-electron chi connectivity index (χ4n) is 2.26. The molecule has 5 heteroatoms. The molecule has 0 saturated carbocycles. The van der Waals surface area contributed by atoms with Gasteiger partial charge in [-0.2, -0.15) is 0 Å². The van der Waals surface area contributed by atoms with Crippen LogP contribution in [0.15, 0.2) is 65.6 Å². The lowest BCUT2D eigenvalue weighted by Crippen LogP contribution is -2.12. The second kappa shape index (κ2) is 5.63. The Bertz CT molecular complexity index is 935. The minimum absolute atomic E-state index is 0.181. The van der Waals surface area contributed by atoms with Gasteiger partial charge in [-0.25, -0.2) is 8.42 Å². The van der Waals surface area contributed by atoms with E-state index in [0.29, 0.717) is 10.7 Å². The average molecular weight is 332 g/mol. The van der Waals surface area contributed by atoms with Crippen molar-refractivity contribution in [1.29, 1.82) is 0 Å². The van der Waals surface area contributed by atoms with Gasteiger partial charge in [0.05, 0.1) is 4.90 Å². The summed E-state index contributed by atoms with van der Waals surface area (Å²) in [6.45, 7) is 2.02. The molecule has 0 spiro atoms. The van der Waals surface area contributed by atoms with Crippen LogP contribution in [0.1, 0.15) is 5.56 Å². The zero-order valence-corrected chi connectivity index (χ0v) is 13.4. The highest BCUT2D eigenvalue weighted by atomic mass is 35.5. The van der Waals surface area contributed by atoms with Crippen LogP contribution >= 0.6 is 11.6 Å².